The molecule has 5 nitrogen and oxygen atoms in total. The summed E-state index contributed by atoms with van der Waals surface area (Å²) in [5.41, 5.74) is 2.70. The number of halogens is 1. The molecule has 0 bridgehead atoms. The lowest BCUT2D eigenvalue weighted by Crippen LogP contribution is -2.04. The van der Waals surface area contributed by atoms with Crippen LogP contribution in [0.15, 0.2) is 42.3 Å². The van der Waals surface area contributed by atoms with Gasteiger partial charge in [-0.25, -0.2) is 19.3 Å². The zero-order valence-electron chi connectivity index (χ0n) is 12.5. The molecular formula is C16H14FN5S. The van der Waals surface area contributed by atoms with Crippen LogP contribution in [0.3, 0.4) is 0 Å². The molecule has 0 aliphatic heterocycles. The largest absolute Gasteiger partial charge is 0.323 e. The number of thiazole rings is 1. The van der Waals surface area contributed by atoms with Crippen LogP contribution in [-0.4, -0.2) is 23.9 Å². The summed E-state index contributed by atoms with van der Waals surface area (Å²) in [5, 5.41) is 2.81. The number of hydrogen-bond acceptors (Lipinski definition) is 4. The van der Waals surface area contributed by atoms with Crippen LogP contribution in [-0.2, 0) is 13.0 Å². The van der Waals surface area contributed by atoms with E-state index < -0.39 is 0 Å². The number of aromatic nitrogens is 5. The third kappa shape index (κ3) is 2.43. The Hall–Kier alpha value is -2.54. The van der Waals surface area contributed by atoms with Crippen LogP contribution in [0.4, 0.5) is 4.39 Å². The second-order valence-electron chi connectivity index (χ2n) is 5.15. The molecule has 0 fully saturated rings. The van der Waals surface area contributed by atoms with Gasteiger partial charge in [-0.1, -0.05) is 6.92 Å². The van der Waals surface area contributed by atoms with Gasteiger partial charge in [0.2, 0.25) is 0 Å². The van der Waals surface area contributed by atoms with Crippen molar-refractivity contribution in [1.29, 1.82) is 0 Å². The average molecular weight is 327 g/mol. The van der Waals surface area contributed by atoms with Gasteiger partial charge in [0.05, 0.1) is 12.2 Å². The first-order valence-electron chi connectivity index (χ1n) is 7.32. The molecule has 0 aliphatic carbocycles. The highest BCUT2D eigenvalue weighted by molar-refractivity contribution is 7.13. The van der Waals surface area contributed by atoms with Crippen LogP contribution < -0.4 is 0 Å². The van der Waals surface area contributed by atoms with Crippen molar-refractivity contribution < 1.29 is 4.39 Å². The van der Waals surface area contributed by atoms with E-state index in [1.54, 1.807) is 29.8 Å². The minimum absolute atomic E-state index is 0.262. The molecule has 0 unspecified atom stereocenters. The van der Waals surface area contributed by atoms with Gasteiger partial charge in [0.15, 0.2) is 10.8 Å². The van der Waals surface area contributed by atoms with Crippen LogP contribution in [0.5, 0.6) is 0 Å². The van der Waals surface area contributed by atoms with Gasteiger partial charge in [-0.3, -0.25) is 0 Å². The lowest BCUT2D eigenvalue weighted by Gasteiger charge is -2.06. The SMILES string of the molecule is CCc1c(Cn2ccnc2-c2nccs2)nc2ccc(F)cn12. The summed E-state index contributed by atoms with van der Waals surface area (Å²) in [4.78, 5) is 13.4. The highest BCUT2D eigenvalue weighted by Gasteiger charge is 2.15. The molecule has 0 saturated heterocycles. The zero-order valence-corrected chi connectivity index (χ0v) is 13.3. The predicted molar refractivity (Wildman–Crippen MR) is 87.0 cm³/mol. The molecule has 0 radical (unpaired) electrons. The Kier molecular flexibility index (Phi) is 3.42. The molecule has 0 N–H and O–H groups in total. The van der Waals surface area contributed by atoms with Crippen LogP contribution in [0.25, 0.3) is 16.5 Å². The van der Waals surface area contributed by atoms with Crippen LogP contribution >= 0.6 is 11.3 Å². The second kappa shape index (κ2) is 5.58. The lowest BCUT2D eigenvalue weighted by molar-refractivity contribution is 0.617. The van der Waals surface area contributed by atoms with Crippen LogP contribution in [0.1, 0.15) is 18.3 Å². The van der Waals surface area contributed by atoms with Gasteiger partial charge in [0.25, 0.3) is 0 Å². The first-order chi connectivity index (χ1) is 11.3. The van der Waals surface area contributed by atoms with Crippen molar-refractivity contribution in [3.8, 4) is 10.8 Å². The van der Waals surface area contributed by atoms with Gasteiger partial charge in [-0.2, -0.15) is 0 Å². The second-order valence-corrected chi connectivity index (χ2v) is 6.04. The molecule has 0 atom stereocenters. The predicted octanol–water partition coefficient (Wildman–Crippen LogP) is 3.40. The summed E-state index contributed by atoms with van der Waals surface area (Å²) in [7, 11) is 0. The van der Waals surface area contributed by atoms with Gasteiger partial charge >= 0.3 is 0 Å². The van der Waals surface area contributed by atoms with Crippen molar-refractivity contribution in [2.75, 3.05) is 0 Å². The van der Waals surface area contributed by atoms with Gasteiger partial charge in [-0.05, 0) is 18.6 Å². The number of fused-ring (bicyclic) bond motifs is 1. The Morgan fingerprint density at radius 1 is 1.22 bits per heavy atom. The molecule has 4 heterocycles. The first-order valence-corrected chi connectivity index (χ1v) is 8.20. The standard InChI is InChI=1S/C16H14FN5S/c1-2-13-12(20-14-4-3-11(17)9-22(13)14)10-21-7-5-18-15(21)16-19-6-8-23-16/h3-9H,2,10H2,1H3. The van der Waals surface area contributed by atoms with E-state index in [1.165, 1.54) is 12.3 Å². The van der Waals surface area contributed by atoms with E-state index in [0.717, 1.165) is 34.3 Å². The van der Waals surface area contributed by atoms with E-state index in [9.17, 15) is 4.39 Å². The van der Waals surface area contributed by atoms with Crippen LogP contribution in [0, 0.1) is 5.82 Å². The van der Waals surface area contributed by atoms with Gasteiger partial charge in [0.1, 0.15) is 11.5 Å². The molecule has 0 saturated carbocycles. The minimum Gasteiger partial charge on any atom is -0.323 e. The van der Waals surface area contributed by atoms with E-state index in [0.29, 0.717) is 6.54 Å². The smallest absolute Gasteiger partial charge is 0.169 e. The topological polar surface area (TPSA) is 48.0 Å². The highest BCUT2D eigenvalue weighted by Crippen LogP contribution is 2.22. The van der Waals surface area contributed by atoms with Gasteiger partial charge < -0.3 is 8.97 Å². The summed E-state index contributed by atoms with van der Waals surface area (Å²) in [6.45, 7) is 2.63. The summed E-state index contributed by atoms with van der Waals surface area (Å²) in [5.74, 6) is 0.563. The number of nitrogens with zero attached hydrogens (tertiary/aromatic N) is 5. The average Bonchev–Trinajstić information content (AvgIpc) is 3.25. The van der Waals surface area contributed by atoms with Gasteiger partial charge in [-0.15, -0.1) is 11.3 Å². The number of pyridine rings is 1. The van der Waals surface area contributed by atoms with E-state index in [-0.39, 0.29) is 5.82 Å². The normalized spacial score (nSPS) is 11.4. The summed E-state index contributed by atoms with van der Waals surface area (Å²) in [6.07, 6.45) is 7.71. The maximum atomic E-state index is 13.5. The maximum absolute atomic E-state index is 13.5. The molecule has 0 amide bonds. The molecule has 0 aliphatic rings. The summed E-state index contributed by atoms with van der Waals surface area (Å²) in [6, 6.07) is 3.14. The van der Waals surface area contributed by atoms with Crippen molar-refractivity contribution in [3.05, 3.63) is 59.5 Å². The number of hydrogen-bond donors (Lipinski definition) is 0. The monoisotopic (exact) mass is 327 g/mol. The Labute approximate surface area is 136 Å². The zero-order chi connectivity index (χ0) is 15.8. The molecule has 7 heteroatoms. The van der Waals surface area contributed by atoms with Crippen molar-refractivity contribution in [2.24, 2.45) is 0 Å². The van der Waals surface area contributed by atoms with E-state index in [1.807, 2.05) is 27.5 Å². The lowest BCUT2D eigenvalue weighted by atomic mass is 10.2. The van der Waals surface area contributed by atoms with Gasteiger partial charge in [0, 0.05) is 35.9 Å². The van der Waals surface area contributed by atoms with Crippen molar-refractivity contribution in [1.82, 2.24) is 23.9 Å². The number of imidazole rings is 2. The Balaban J connectivity index is 1.78. The molecule has 4 rings (SSSR count). The fraction of sp³-hybridized carbons (Fsp3) is 0.188. The molecule has 0 aromatic carbocycles. The number of rotatable bonds is 4. The highest BCUT2D eigenvalue weighted by atomic mass is 32.1. The Morgan fingerprint density at radius 3 is 2.91 bits per heavy atom. The van der Waals surface area contributed by atoms with E-state index in [2.05, 4.69) is 15.0 Å². The Bertz CT molecular complexity index is 954. The molecule has 4 aromatic heterocycles. The number of aryl methyl sites for hydroxylation is 1. The fourth-order valence-corrected chi connectivity index (χ4v) is 3.39. The third-order valence-electron chi connectivity index (χ3n) is 3.76. The minimum atomic E-state index is -0.262. The first kappa shape index (κ1) is 14.1. The molecule has 0 spiro atoms. The molecule has 116 valence electrons. The summed E-state index contributed by atoms with van der Waals surface area (Å²) < 4.78 is 17.4. The van der Waals surface area contributed by atoms with E-state index >= 15 is 0 Å². The third-order valence-corrected chi connectivity index (χ3v) is 4.53. The van der Waals surface area contributed by atoms with E-state index in [4.69, 9.17) is 0 Å². The quantitative estimate of drug-likeness (QED) is 0.577. The molecule has 23 heavy (non-hydrogen) atoms. The van der Waals surface area contributed by atoms with Crippen molar-refractivity contribution in [3.63, 3.8) is 0 Å². The fourth-order valence-electron chi connectivity index (χ4n) is 2.75. The molecule has 4 aromatic rings. The maximum Gasteiger partial charge on any atom is 0.169 e. The van der Waals surface area contributed by atoms with Crippen molar-refractivity contribution in [2.45, 2.75) is 19.9 Å². The Morgan fingerprint density at radius 2 is 2.13 bits per heavy atom. The van der Waals surface area contributed by atoms with Crippen molar-refractivity contribution >= 4 is 17.0 Å². The summed E-state index contributed by atoms with van der Waals surface area (Å²) >= 11 is 1.55. The molecular weight excluding hydrogens is 313 g/mol. The van der Waals surface area contributed by atoms with Crippen LogP contribution in [0.2, 0.25) is 0 Å².